The molecule has 2 N–H and O–H groups in total. The van der Waals surface area contributed by atoms with Crippen molar-refractivity contribution in [2.24, 2.45) is 17.8 Å². The number of rotatable bonds is 11. The molecule has 0 aromatic heterocycles. The molecule has 5 atom stereocenters. The van der Waals surface area contributed by atoms with Gasteiger partial charge >= 0.3 is 0 Å². The minimum atomic E-state index is -0.376. The second-order valence-corrected chi connectivity index (χ2v) is 9.06. The number of hydrogen-bond donors (Lipinski definition) is 2. The van der Waals surface area contributed by atoms with Crippen LogP contribution in [-0.2, 0) is 4.79 Å². The van der Waals surface area contributed by atoms with E-state index in [0.717, 1.165) is 51.4 Å². The fourth-order valence-electron chi connectivity index (χ4n) is 4.85. The van der Waals surface area contributed by atoms with Gasteiger partial charge in [-0.1, -0.05) is 50.0 Å². The van der Waals surface area contributed by atoms with E-state index >= 15 is 0 Å². The van der Waals surface area contributed by atoms with Crippen LogP contribution in [0.25, 0.3) is 0 Å². The van der Waals surface area contributed by atoms with E-state index in [4.69, 9.17) is 0 Å². The highest BCUT2D eigenvalue weighted by atomic mass is 16.3. The summed E-state index contributed by atoms with van der Waals surface area (Å²) in [6.45, 7) is 2.17. The van der Waals surface area contributed by atoms with Crippen LogP contribution in [0.15, 0.2) is 23.8 Å². The largest absolute Gasteiger partial charge is 0.392 e. The van der Waals surface area contributed by atoms with E-state index in [2.05, 4.69) is 19.1 Å². The molecular formula is C24H41NO3. The third-order valence-corrected chi connectivity index (χ3v) is 6.55. The minimum Gasteiger partial charge on any atom is -0.392 e. The van der Waals surface area contributed by atoms with Crippen molar-refractivity contribution in [3.63, 3.8) is 0 Å². The van der Waals surface area contributed by atoms with Crippen molar-refractivity contribution in [2.75, 3.05) is 14.1 Å². The van der Waals surface area contributed by atoms with Crippen molar-refractivity contribution in [3.8, 4) is 0 Å². The van der Waals surface area contributed by atoms with Gasteiger partial charge < -0.3 is 15.1 Å². The van der Waals surface area contributed by atoms with E-state index < -0.39 is 0 Å². The highest BCUT2D eigenvalue weighted by Gasteiger charge is 2.44. The number of nitrogens with zero attached hydrogens (tertiary/aromatic N) is 1. The lowest BCUT2D eigenvalue weighted by molar-refractivity contribution is -0.128. The summed E-state index contributed by atoms with van der Waals surface area (Å²) in [5.74, 6) is 1.51. The minimum absolute atomic E-state index is 0.189. The van der Waals surface area contributed by atoms with Gasteiger partial charge in [0.15, 0.2) is 0 Å². The van der Waals surface area contributed by atoms with Crippen LogP contribution in [-0.4, -0.2) is 47.3 Å². The van der Waals surface area contributed by atoms with E-state index in [1.54, 1.807) is 4.90 Å². The van der Waals surface area contributed by atoms with Crippen LogP contribution in [0.4, 0.5) is 0 Å². The van der Waals surface area contributed by atoms with Gasteiger partial charge in [-0.05, 0) is 56.8 Å². The molecule has 0 aliphatic heterocycles. The SMILES string of the molecule is CCCCC[C@H](O)/C=C/[C@@H]1[C@H]2C/C(=C/CCCCC(=O)N(C)C)C[C@H]2C[C@H]1O. The van der Waals surface area contributed by atoms with Crippen LogP contribution in [0.3, 0.4) is 0 Å². The molecule has 2 aliphatic rings. The van der Waals surface area contributed by atoms with Gasteiger partial charge in [0.05, 0.1) is 12.2 Å². The molecule has 0 spiro atoms. The molecule has 0 radical (unpaired) electrons. The first-order valence-electron chi connectivity index (χ1n) is 11.3. The van der Waals surface area contributed by atoms with Crippen LogP contribution >= 0.6 is 0 Å². The second kappa shape index (κ2) is 11.8. The summed E-state index contributed by atoms with van der Waals surface area (Å²) < 4.78 is 0. The Bertz CT molecular complexity index is 540. The fourth-order valence-corrected chi connectivity index (χ4v) is 4.85. The molecule has 0 unspecified atom stereocenters. The van der Waals surface area contributed by atoms with Crippen LogP contribution < -0.4 is 0 Å². The maximum absolute atomic E-state index is 11.6. The first-order valence-corrected chi connectivity index (χ1v) is 11.3. The number of aliphatic hydroxyl groups excluding tert-OH is 2. The maximum atomic E-state index is 11.6. The predicted octanol–water partition coefficient (Wildman–Crippen LogP) is 4.47. The summed E-state index contributed by atoms with van der Waals surface area (Å²) >= 11 is 0. The summed E-state index contributed by atoms with van der Waals surface area (Å²) in [6.07, 6.45) is 16.8. The average Bonchev–Trinajstić information content (AvgIpc) is 3.16. The smallest absolute Gasteiger partial charge is 0.222 e. The molecule has 160 valence electrons. The Morgan fingerprint density at radius 1 is 1.21 bits per heavy atom. The monoisotopic (exact) mass is 391 g/mol. The Kier molecular flexibility index (Phi) is 9.73. The molecule has 2 saturated carbocycles. The molecule has 2 rings (SSSR count). The molecule has 1 amide bonds. The Morgan fingerprint density at radius 2 is 2.00 bits per heavy atom. The second-order valence-electron chi connectivity index (χ2n) is 9.06. The van der Waals surface area contributed by atoms with Gasteiger partial charge in [0, 0.05) is 26.4 Å². The molecule has 0 saturated heterocycles. The normalized spacial score (nSPS) is 29.5. The molecule has 28 heavy (non-hydrogen) atoms. The predicted molar refractivity (Wildman–Crippen MR) is 115 cm³/mol. The van der Waals surface area contributed by atoms with Crippen molar-refractivity contribution in [1.29, 1.82) is 0 Å². The van der Waals surface area contributed by atoms with Crippen molar-refractivity contribution in [1.82, 2.24) is 4.90 Å². The third kappa shape index (κ3) is 7.04. The number of fused-ring (bicyclic) bond motifs is 1. The van der Waals surface area contributed by atoms with E-state index in [9.17, 15) is 15.0 Å². The van der Waals surface area contributed by atoms with Crippen LogP contribution in [0, 0.1) is 17.8 Å². The highest BCUT2D eigenvalue weighted by Crippen LogP contribution is 2.50. The van der Waals surface area contributed by atoms with Crippen LogP contribution in [0.1, 0.15) is 77.6 Å². The molecule has 0 aromatic carbocycles. The first-order chi connectivity index (χ1) is 13.4. The number of aliphatic hydroxyl groups is 2. The first kappa shape index (κ1) is 23.2. The van der Waals surface area contributed by atoms with Crippen LogP contribution in [0.2, 0.25) is 0 Å². The molecule has 2 aliphatic carbocycles. The van der Waals surface area contributed by atoms with Gasteiger partial charge in [-0.15, -0.1) is 0 Å². The maximum Gasteiger partial charge on any atom is 0.222 e. The zero-order chi connectivity index (χ0) is 20.5. The fraction of sp³-hybridized carbons (Fsp3) is 0.792. The zero-order valence-electron chi connectivity index (χ0n) is 18.1. The van der Waals surface area contributed by atoms with Gasteiger partial charge in [0.25, 0.3) is 0 Å². The number of amides is 1. The lowest BCUT2D eigenvalue weighted by Gasteiger charge is -2.17. The summed E-state index contributed by atoms with van der Waals surface area (Å²) in [4.78, 5) is 13.3. The Hall–Kier alpha value is -1.13. The molecule has 4 heteroatoms. The summed E-state index contributed by atoms with van der Waals surface area (Å²) in [6, 6.07) is 0. The number of hydrogen-bond acceptors (Lipinski definition) is 3. The summed E-state index contributed by atoms with van der Waals surface area (Å²) in [5, 5.41) is 20.6. The molecule has 2 fully saturated rings. The number of carbonyl (C=O) groups excluding carboxylic acids is 1. The average molecular weight is 392 g/mol. The van der Waals surface area contributed by atoms with Crippen molar-refractivity contribution in [3.05, 3.63) is 23.8 Å². The molecular weight excluding hydrogens is 350 g/mol. The van der Waals surface area contributed by atoms with Gasteiger partial charge in [-0.25, -0.2) is 0 Å². The van der Waals surface area contributed by atoms with E-state index in [-0.39, 0.29) is 24.0 Å². The summed E-state index contributed by atoms with van der Waals surface area (Å²) in [5.41, 5.74) is 1.53. The summed E-state index contributed by atoms with van der Waals surface area (Å²) in [7, 11) is 3.62. The van der Waals surface area contributed by atoms with Crippen LogP contribution in [0.5, 0.6) is 0 Å². The zero-order valence-corrected chi connectivity index (χ0v) is 18.1. The Balaban J connectivity index is 1.76. The van der Waals surface area contributed by atoms with Gasteiger partial charge in [-0.3, -0.25) is 4.79 Å². The lowest BCUT2D eigenvalue weighted by Crippen LogP contribution is -2.20. The molecule has 0 heterocycles. The van der Waals surface area contributed by atoms with Gasteiger partial charge in [0.2, 0.25) is 5.91 Å². The Labute approximate surface area is 171 Å². The van der Waals surface area contributed by atoms with Crippen molar-refractivity contribution >= 4 is 5.91 Å². The third-order valence-electron chi connectivity index (χ3n) is 6.55. The Morgan fingerprint density at radius 3 is 2.71 bits per heavy atom. The van der Waals surface area contributed by atoms with Crippen molar-refractivity contribution in [2.45, 2.75) is 89.8 Å². The number of carbonyl (C=O) groups is 1. The van der Waals surface area contributed by atoms with E-state index in [1.165, 1.54) is 18.4 Å². The topological polar surface area (TPSA) is 60.8 Å². The van der Waals surface area contributed by atoms with E-state index in [1.807, 2.05) is 20.2 Å². The van der Waals surface area contributed by atoms with Crippen molar-refractivity contribution < 1.29 is 15.0 Å². The molecule has 0 aromatic rings. The van der Waals surface area contributed by atoms with E-state index in [0.29, 0.717) is 18.3 Å². The molecule has 4 nitrogen and oxygen atoms in total. The number of allylic oxidation sites excluding steroid dienone is 2. The van der Waals surface area contributed by atoms with Gasteiger partial charge in [-0.2, -0.15) is 0 Å². The highest BCUT2D eigenvalue weighted by molar-refractivity contribution is 5.75. The standard InChI is InChI=1S/C24H41NO3/c1-4-5-7-11-20(26)13-14-21-22-16-18(15-19(22)17-23(21)27)10-8-6-9-12-24(28)25(2)3/h10,13-14,19-23,26-27H,4-9,11-12,15-17H2,1-3H3/b14-13+,18-10+/t19-,20-,21+,22-,23+/m0/s1. The lowest BCUT2D eigenvalue weighted by atomic mass is 9.90. The molecule has 0 bridgehead atoms. The quantitative estimate of drug-likeness (QED) is 0.404. The number of unbranched alkanes of at least 4 members (excludes halogenated alkanes) is 4. The van der Waals surface area contributed by atoms with Gasteiger partial charge in [0.1, 0.15) is 0 Å².